The van der Waals surface area contributed by atoms with Gasteiger partial charge in [0, 0.05) is 10.7 Å². The molecule has 3 aromatic carbocycles. The van der Waals surface area contributed by atoms with Gasteiger partial charge in [0.05, 0.1) is 16.6 Å². The first-order valence-electron chi connectivity index (χ1n) is 9.41. The molecule has 0 spiro atoms. The molecule has 0 radical (unpaired) electrons. The molecule has 0 unspecified atom stereocenters. The van der Waals surface area contributed by atoms with Crippen LogP contribution in [0.25, 0.3) is 16.6 Å². The van der Waals surface area contributed by atoms with Crippen molar-refractivity contribution in [2.75, 3.05) is 5.32 Å². The summed E-state index contributed by atoms with van der Waals surface area (Å²) in [4.78, 5) is 39.0. The molecular weight excluding hydrogens is 421 g/mol. The summed E-state index contributed by atoms with van der Waals surface area (Å²) in [6.07, 6.45) is 0. The SMILES string of the molecule is Cc1ccc(-n2c(=O)c3ccccc3n(CC(=O)Nc3ccc(F)cc3)c2=O)cc1Cl. The molecule has 0 saturated heterocycles. The van der Waals surface area contributed by atoms with Crippen LogP contribution in [-0.4, -0.2) is 15.0 Å². The fraction of sp³-hybridized carbons (Fsp3) is 0.0870. The van der Waals surface area contributed by atoms with Crippen molar-refractivity contribution in [3.63, 3.8) is 0 Å². The van der Waals surface area contributed by atoms with Gasteiger partial charge in [-0.05, 0) is 61.0 Å². The number of para-hydroxylation sites is 1. The highest BCUT2D eigenvalue weighted by Crippen LogP contribution is 2.19. The third-order valence-corrected chi connectivity index (χ3v) is 5.30. The molecule has 0 fully saturated rings. The quantitative estimate of drug-likeness (QED) is 0.526. The van der Waals surface area contributed by atoms with Crippen LogP contribution in [0.4, 0.5) is 10.1 Å². The number of hydrogen-bond donors (Lipinski definition) is 1. The van der Waals surface area contributed by atoms with Crippen molar-refractivity contribution in [2.45, 2.75) is 13.5 Å². The minimum Gasteiger partial charge on any atom is -0.325 e. The number of halogens is 2. The van der Waals surface area contributed by atoms with Gasteiger partial charge >= 0.3 is 5.69 Å². The summed E-state index contributed by atoms with van der Waals surface area (Å²) in [5.41, 5.74) is 0.666. The summed E-state index contributed by atoms with van der Waals surface area (Å²) < 4.78 is 15.3. The Morgan fingerprint density at radius 1 is 1.03 bits per heavy atom. The lowest BCUT2D eigenvalue weighted by Crippen LogP contribution is -2.40. The number of benzene rings is 3. The highest BCUT2D eigenvalue weighted by Gasteiger charge is 2.17. The largest absolute Gasteiger partial charge is 0.336 e. The number of hydrogen-bond acceptors (Lipinski definition) is 3. The molecule has 156 valence electrons. The van der Waals surface area contributed by atoms with Crippen molar-refractivity contribution >= 4 is 34.1 Å². The maximum atomic E-state index is 13.3. The van der Waals surface area contributed by atoms with Gasteiger partial charge in [-0.25, -0.2) is 13.8 Å². The maximum Gasteiger partial charge on any atom is 0.336 e. The summed E-state index contributed by atoms with van der Waals surface area (Å²) in [6, 6.07) is 16.7. The number of amides is 1. The van der Waals surface area contributed by atoms with E-state index in [4.69, 9.17) is 11.6 Å². The zero-order valence-corrected chi connectivity index (χ0v) is 17.2. The number of carbonyl (C=O) groups excluding carboxylic acids is 1. The Morgan fingerprint density at radius 3 is 2.45 bits per heavy atom. The van der Waals surface area contributed by atoms with E-state index < -0.39 is 23.0 Å². The van der Waals surface area contributed by atoms with Gasteiger partial charge in [0.25, 0.3) is 5.56 Å². The molecule has 0 atom stereocenters. The summed E-state index contributed by atoms with van der Waals surface area (Å²) in [5.74, 6) is -0.921. The van der Waals surface area contributed by atoms with Crippen molar-refractivity contribution in [1.29, 1.82) is 0 Å². The van der Waals surface area contributed by atoms with E-state index in [1.807, 2.05) is 6.92 Å². The van der Waals surface area contributed by atoms with Gasteiger partial charge in [0.1, 0.15) is 12.4 Å². The second-order valence-electron chi connectivity index (χ2n) is 7.01. The molecule has 0 saturated carbocycles. The Morgan fingerprint density at radius 2 is 1.74 bits per heavy atom. The fourth-order valence-electron chi connectivity index (χ4n) is 3.30. The van der Waals surface area contributed by atoms with Crippen molar-refractivity contribution in [1.82, 2.24) is 9.13 Å². The molecular formula is C23H17ClFN3O3. The molecule has 4 aromatic rings. The number of carbonyl (C=O) groups is 1. The number of rotatable bonds is 4. The molecule has 0 bridgehead atoms. The lowest BCUT2D eigenvalue weighted by molar-refractivity contribution is -0.116. The van der Waals surface area contributed by atoms with E-state index in [1.165, 1.54) is 34.9 Å². The lowest BCUT2D eigenvalue weighted by atomic mass is 10.2. The van der Waals surface area contributed by atoms with Gasteiger partial charge in [0.15, 0.2) is 0 Å². The van der Waals surface area contributed by atoms with Gasteiger partial charge < -0.3 is 5.32 Å². The molecule has 0 aliphatic rings. The molecule has 8 heteroatoms. The van der Waals surface area contributed by atoms with E-state index in [-0.39, 0.29) is 11.9 Å². The molecule has 1 N–H and O–H groups in total. The average molecular weight is 438 g/mol. The molecule has 1 heterocycles. The topological polar surface area (TPSA) is 73.1 Å². The van der Waals surface area contributed by atoms with Gasteiger partial charge in [-0.1, -0.05) is 29.8 Å². The van der Waals surface area contributed by atoms with Crippen LogP contribution < -0.4 is 16.6 Å². The predicted molar refractivity (Wildman–Crippen MR) is 119 cm³/mol. The van der Waals surface area contributed by atoms with Crippen LogP contribution >= 0.6 is 11.6 Å². The molecule has 1 amide bonds. The van der Waals surface area contributed by atoms with Crippen molar-refractivity contribution in [3.05, 3.63) is 104 Å². The lowest BCUT2D eigenvalue weighted by Gasteiger charge is -2.14. The molecule has 0 aliphatic heterocycles. The zero-order valence-electron chi connectivity index (χ0n) is 16.4. The van der Waals surface area contributed by atoms with E-state index in [1.54, 1.807) is 36.4 Å². The standard InChI is InChI=1S/C23H17ClFN3O3/c1-14-6-11-17(12-19(14)24)28-22(30)18-4-2-3-5-20(18)27(23(28)31)13-21(29)26-16-9-7-15(25)8-10-16/h2-12H,13H2,1H3,(H,26,29). The monoisotopic (exact) mass is 437 g/mol. The van der Waals surface area contributed by atoms with Crippen molar-refractivity contribution < 1.29 is 9.18 Å². The van der Waals surface area contributed by atoms with Crippen LogP contribution in [0.3, 0.4) is 0 Å². The van der Waals surface area contributed by atoms with E-state index in [2.05, 4.69) is 5.32 Å². The van der Waals surface area contributed by atoms with Gasteiger partial charge in [-0.3, -0.25) is 14.2 Å². The molecule has 31 heavy (non-hydrogen) atoms. The van der Waals surface area contributed by atoms with Crippen LogP contribution in [0.1, 0.15) is 5.56 Å². The smallest absolute Gasteiger partial charge is 0.325 e. The first-order valence-corrected chi connectivity index (χ1v) is 9.79. The van der Waals surface area contributed by atoms with E-state index >= 15 is 0 Å². The fourth-order valence-corrected chi connectivity index (χ4v) is 3.47. The third-order valence-electron chi connectivity index (χ3n) is 4.89. The van der Waals surface area contributed by atoms with Crippen molar-refractivity contribution in [2.24, 2.45) is 0 Å². The van der Waals surface area contributed by atoms with Crippen LogP contribution in [0.15, 0.2) is 76.3 Å². The molecule has 0 aliphatic carbocycles. The Balaban J connectivity index is 1.83. The van der Waals surface area contributed by atoms with Crippen LogP contribution in [0.5, 0.6) is 0 Å². The summed E-state index contributed by atoms with van der Waals surface area (Å²) >= 11 is 6.20. The van der Waals surface area contributed by atoms with Crippen molar-refractivity contribution in [3.8, 4) is 5.69 Å². The Bertz CT molecular complexity index is 1430. The normalized spacial score (nSPS) is 10.9. The minimum absolute atomic E-state index is 0.286. The summed E-state index contributed by atoms with van der Waals surface area (Å²) in [5, 5.41) is 3.33. The van der Waals surface area contributed by atoms with Gasteiger partial charge in [0.2, 0.25) is 5.91 Å². The van der Waals surface area contributed by atoms with E-state index in [0.717, 1.165) is 10.1 Å². The Kier molecular flexibility index (Phi) is 5.44. The van der Waals surface area contributed by atoms with E-state index in [0.29, 0.717) is 21.9 Å². The Hall–Kier alpha value is -3.71. The minimum atomic E-state index is -0.669. The zero-order chi connectivity index (χ0) is 22.1. The Labute approximate surface area is 181 Å². The highest BCUT2D eigenvalue weighted by molar-refractivity contribution is 6.31. The van der Waals surface area contributed by atoms with Crippen LogP contribution in [-0.2, 0) is 11.3 Å². The highest BCUT2D eigenvalue weighted by atomic mass is 35.5. The van der Waals surface area contributed by atoms with Crippen LogP contribution in [0.2, 0.25) is 5.02 Å². The molecule has 1 aromatic heterocycles. The number of fused-ring (bicyclic) bond motifs is 1. The molecule has 4 rings (SSSR count). The number of nitrogens with one attached hydrogen (secondary N) is 1. The van der Waals surface area contributed by atoms with Crippen LogP contribution in [0, 0.1) is 12.7 Å². The summed E-state index contributed by atoms with van der Waals surface area (Å²) in [7, 11) is 0. The molecule has 6 nitrogen and oxygen atoms in total. The van der Waals surface area contributed by atoms with E-state index in [9.17, 15) is 18.8 Å². The number of aromatic nitrogens is 2. The average Bonchev–Trinajstić information content (AvgIpc) is 2.75. The first-order chi connectivity index (χ1) is 14.8. The number of nitrogens with zero attached hydrogens (tertiary/aromatic N) is 2. The number of anilines is 1. The summed E-state index contributed by atoms with van der Waals surface area (Å²) in [6.45, 7) is 1.48. The third kappa shape index (κ3) is 4.00. The number of aryl methyl sites for hydroxylation is 1. The second-order valence-corrected chi connectivity index (χ2v) is 7.42. The van der Waals surface area contributed by atoms with Gasteiger partial charge in [-0.15, -0.1) is 0 Å². The van der Waals surface area contributed by atoms with Gasteiger partial charge in [-0.2, -0.15) is 0 Å². The maximum absolute atomic E-state index is 13.3. The predicted octanol–water partition coefficient (Wildman–Crippen LogP) is 3.89. The first kappa shape index (κ1) is 20.6. The second kappa shape index (κ2) is 8.20.